The van der Waals surface area contributed by atoms with E-state index >= 15 is 0 Å². The minimum atomic E-state index is -0.945. The Bertz CT molecular complexity index is 694. The van der Waals surface area contributed by atoms with E-state index in [0.717, 1.165) is 5.56 Å². The van der Waals surface area contributed by atoms with E-state index in [0.29, 0.717) is 17.1 Å². The summed E-state index contributed by atoms with van der Waals surface area (Å²) in [5.41, 5.74) is 1.47. The molecule has 0 radical (unpaired) electrons. The molecule has 0 amide bonds. The Labute approximate surface area is 141 Å². The number of aliphatic hydroxyl groups excluding tert-OH is 1. The Morgan fingerprint density at radius 1 is 1.08 bits per heavy atom. The molecule has 0 unspecified atom stereocenters. The highest BCUT2D eigenvalue weighted by Crippen LogP contribution is 2.30. The maximum Gasteiger partial charge on any atom is 0.330 e. The summed E-state index contributed by atoms with van der Waals surface area (Å²) in [5.74, 6) is 0.555. The lowest BCUT2D eigenvalue weighted by Crippen LogP contribution is -2.11. The van der Waals surface area contributed by atoms with Crippen LogP contribution in [-0.4, -0.2) is 31.9 Å². The molecule has 1 atom stereocenters. The molecule has 5 heteroatoms. The number of benzene rings is 2. The first kappa shape index (κ1) is 17.6. The molecule has 24 heavy (non-hydrogen) atoms. The quantitative estimate of drug-likeness (QED) is 0.625. The van der Waals surface area contributed by atoms with Crippen LogP contribution in [0.3, 0.4) is 0 Å². The van der Waals surface area contributed by atoms with E-state index in [1.54, 1.807) is 24.3 Å². The van der Waals surface area contributed by atoms with Gasteiger partial charge in [0.2, 0.25) is 0 Å². The number of esters is 1. The van der Waals surface area contributed by atoms with Gasteiger partial charge in [-0.05, 0) is 29.3 Å². The van der Waals surface area contributed by atoms with Crippen LogP contribution in [0.25, 0.3) is 6.08 Å². The van der Waals surface area contributed by atoms with Gasteiger partial charge >= 0.3 is 5.97 Å². The summed E-state index contributed by atoms with van der Waals surface area (Å²) in [6, 6.07) is 14.4. The Hall–Kier alpha value is -2.79. The van der Waals surface area contributed by atoms with Crippen LogP contribution in [0, 0.1) is 0 Å². The summed E-state index contributed by atoms with van der Waals surface area (Å²) in [5, 5.41) is 10.1. The first-order valence-corrected chi connectivity index (χ1v) is 7.44. The highest BCUT2D eigenvalue weighted by atomic mass is 16.5. The van der Waals surface area contributed by atoms with Crippen molar-refractivity contribution in [3.63, 3.8) is 0 Å². The van der Waals surface area contributed by atoms with Crippen molar-refractivity contribution in [1.29, 1.82) is 0 Å². The standard InChI is InChI=1S/C19H20O5/c1-22-17-10-9-15(12-18(17)23-2)16(20)13-24-19(21)11-8-14-6-4-3-5-7-14/h3-12,16,20H,13H2,1-2H3/b11-8+/t16-/m0/s1. The van der Waals surface area contributed by atoms with Gasteiger partial charge < -0.3 is 19.3 Å². The molecule has 2 aromatic rings. The molecule has 0 aliphatic carbocycles. The second-order valence-corrected chi connectivity index (χ2v) is 5.00. The van der Waals surface area contributed by atoms with Crippen molar-refractivity contribution in [3.8, 4) is 11.5 Å². The molecular weight excluding hydrogens is 308 g/mol. The van der Waals surface area contributed by atoms with Crippen molar-refractivity contribution in [2.75, 3.05) is 20.8 Å². The molecule has 126 valence electrons. The van der Waals surface area contributed by atoms with Crippen LogP contribution >= 0.6 is 0 Å². The normalized spacial score (nSPS) is 12.0. The van der Waals surface area contributed by atoms with Crippen molar-refractivity contribution in [1.82, 2.24) is 0 Å². The van der Waals surface area contributed by atoms with Gasteiger partial charge in [0.15, 0.2) is 11.5 Å². The summed E-state index contributed by atoms with van der Waals surface area (Å²) >= 11 is 0. The molecule has 0 saturated heterocycles. The summed E-state index contributed by atoms with van der Waals surface area (Å²) in [6.45, 7) is -0.145. The summed E-state index contributed by atoms with van der Waals surface area (Å²) in [4.78, 5) is 11.7. The maximum atomic E-state index is 11.7. The van der Waals surface area contributed by atoms with Gasteiger partial charge in [0.25, 0.3) is 0 Å². The molecule has 0 saturated carbocycles. The lowest BCUT2D eigenvalue weighted by molar-refractivity contribution is -0.140. The highest BCUT2D eigenvalue weighted by Gasteiger charge is 2.13. The van der Waals surface area contributed by atoms with Crippen molar-refractivity contribution in [2.45, 2.75) is 6.10 Å². The van der Waals surface area contributed by atoms with Gasteiger partial charge in [-0.2, -0.15) is 0 Å². The summed E-state index contributed by atoms with van der Waals surface area (Å²) in [6.07, 6.45) is 2.04. The Morgan fingerprint density at radius 3 is 2.46 bits per heavy atom. The number of carbonyl (C=O) groups is 1. The maximum absolute atomic E-state index is 11.7. The van der Waals surface area contributed by atoms with E-state index in [4.69, 9.17) is 14.2 Å². The van der Waals surface area contributed by atoms with Crippen LogP contribution in [0.2, 0.25) is 0 Å². The molecule has 1 N–H and O–H groups in total. The van der Waals surface area contributed by atoms with Crippen LogP contribution in [0.15, 0.2) is 54.6 Å². The Kier molecular flexibility index (Phi) is 6.40. The fraction of sp³-hybridized carbons (Fsp3) is 0.211. The monoisotopic (exact) mass is 328 g/mol. The number of hydrogen-bond donors (Lipinski definition) is 1. The topological polar surface area (TPSA) is 65.0 Å². The van der Waals surface area contributed by atoms with Crippen LogP contribution in [0.1, 0.15) is 17.2 Å². The van der Waals surface area contributed by atoms with E-state index < -0.39 is 12.1 Å². The number of rotatable bonds is 7. The number of carbonyl (C=O) groups excluding carboxylic acids is 1. The van der Waals surface area contributed by atoms with Crippen LogP contribution in [0.4, 0.5) is 0 Å². The first-order chi connectivity index (χ1) is 11.6. The average Bonchev–Trinajstić information content (AvgIpc) is 2.64. The van der Waals surface area contributed by atoms with Crippen molar-refractivity contribution >= 4 is 12.0 Å². The smallest absolute Gasteiger partial charge is 0.330 e. The lowest BCUT2D eigenvalue weighted by Gasteiger charge is -2.14. The van der Waals surface area contributed by atoms with Gasteiger partial charge in [0.05, 0.1) is 14.2 Å². The van der Waals surface area contributed by atoms with Gasteiger partial charge in [0.1, 0.15) is 12.7 Å². The van der Waals surface area contributed by atoms with Gasteiger partial charge in [-0.25, -0.2) is 4.79 Å². The van der Waals surface area contributed by atoms with E-state index in [2.05, 4.69) is 0 Å². The molecule has 0 aliphatic rings. The van der Waals surface area contributed by atoms with Gasteiger partial charge in [-0.15, -0.1) is 0 Å². The molecular formula is C19H20O5. The van der Waals surface area contributed by atoms with Crippen molar-refractivity contribution in [3.05, 3.63) is 65.7 Å². The van der Waals surface area contributed by atoms with E-state index in [9.17, 15) is 9.90 Å². The molecule has 0 heterocycles. The van der Waals surface area contributed by atoms with E-state index in [-0.39, 0.29) is 6.61 Å². The molecule has 2 rings (SSSR count). The lowest BCUT2D eigenvalue weighted by atomic mass is 10.1. The van der Waals surface area contributed by atoms with Crippen LogP contribution in [-0.2, 0) is 9.53 Å². The van der Waals surface area contributed by atoms with Crippen molar-refractivity contribution < 1.29 is 24.1 Å². The predicted octanol–water partition coefficient (Wildman–Crippen LogP) is 2.99. The largest absolute Gasteiger partial charge is 0.493 e. The minimum Gasteiger partial charge on any atom is -0.493 e. The molecule has 0 aromatic heterocycles. The average molecular weight is 328 g/mol. The minimum absolute atomic E-state index is 0.145. The Morgan fingerprint density at radius 2 is 1.79 bits per heavy atom. The molecule has 0 spiro atoms. The first-order valence-electron chi connectivity index (χ1n) is 7.44. The van der Waals surface area contributed by atoms with Crippen molar-refractivity contribution in [2.24, 2.45) is 0 Å². The second kappa shape index (κ2) is 8.74. The molecule has 0 bridgehead atoms. The third kappa shape index (κ3) is 4.86. The summed E-state index contributed by atoms with van der Waals surface area (Å²) < 4.78 is 15.4. The molecule has 2 aromatic carbocycles. The van der Waals surface area contributed by atoms with Gasteiger partial charge in [-0.3, -0.25) is 0 Å². The van der Waals surface area contributed by atoms with Gasteiger partial charge in [0, 0.05) is 6.08 Å². The number of ether oxygens (including phenoxy) is 3. The third-order valence-corrected chi connectivity index (χ3v) is 3.39. The Balaban J connectivity index is 1.91. The molecule has 5 nitrogen and oxygen atoms in total. The fourth-order valence-electron chi connectivity index (χ4n) is 2.09. The highest BCUT2D eigenvalue weighted by molar-refractivity contribution is 5.87. The van der Waals surface area contributed by atoms with Crippen LogP contribution < -0.4 is 9.47 Å². The molecule has 0 fully saturated rings. The zero-order valence-corrected chi connectivity index (χ0v) is 13.6. The zero-order chi connectivity index (χ0) is 17.4. The SMILES string of the molecule is COc1ccc([C@@H](O)COC(=O)/C=C/c2ccccc2)cc1OC. The molecule has 0 aliphatic heterocycles. The predicted molar refractivity (Wildman–Crippen MR) is 90.9 cm³/mol. The fourth-order valence-corrected chi connectivity index (χ4v) is 2.09. The summed E-state index contributed by atoms with van der Waals surface area (Å²) in [7, 11) is 3.05. The zero-order valence-electron chi connectivity index (χ0n) is 13.6. The number of hydrogen-bond acceptors (Lipinski definition) is 5. The number of aliphatic hydroxyl groups is 1. The van der Waals surface area contributed by atoms with E-state index in [1.807, 2.05) is 30.3 Å². The third-order valence-electron chi connectivity index (χ3n) is 3.39. The second-order valence-electron chi connectivity index (χ2n) is 5.00. The van der Waals surface area contributed by atoms with Gasteiger partial charge in [-0.1, -0.05) is 36.4 Å². The van der Waals surface area contributed by atoms with Crippen LogP contribution in [0.5, 0.6) is 11.5 Å². The van der Waals surface area contributed by atoms with E-state index in [1.165, 1.54) is 20.3 Å². The number of methoxy groups -OCH3 is 2.